The number of likely N-dealkylation sites (tertiary alicyclic amines) is 1. The summed E-state index contributed by atoms with van der Waals surface area (Å²) in [6, 6.07) is 5.53. The van der Waals surface area contributed by atoms with Crippen molar-refractivity contribution in [3.05, 3.63) is 51.8 Å². The summed E-state index contributed by atoms with van der Waals surface area (Å²) in [5, 5.41) is 4.84. The summed E-state index contributed by atoms with van der Waals surface area (Å²) < 4.78 is 10.4. The fraction of sp³-hybridized carbons (Fsp3) is 0.440. The number of nitrogens with zero attached hydrogens (tertiary/aromatic N) is 1. The minimum Gasteiger partial charge on any atom is -0.491 e. The second-order valence-corrected chi connectivity index (χ2v) is 8.96. The fourth-order valence-electron chi connectivity index (χ4n) is 3.96. The van der Waals surface area contributed by atoms with Crippen molar-refractivity contribution in [2.45, 2.75) is 26.2 Å². The number of aromatic nitrogens is 1. The van der Waals surface area contributed by atoms with Crippen molar-refractivity contribution in [3.8, 4) is 0 Å². The van der Waals surface area contributed by atoms with Crippen molar-refractivity contribution in [3.63, 3.8) is 0 Å². The van der Waals surface area contributed by atoms with E-state index in [0.29, 0.717) is 23.2 Å². The zero-order valence-electron chi connectivity index (χ0n) is 19.5. The molecule has 1 saturated heterocycles. The number of amides is 1. The summed E-state index contributed by atoms with van der Waals surface area (Å²) in [5.74, 6) is -0.101. The minimum absolute atomic E-state index is 0.0123. The fourth-order valence-corrected chi connectivity index (χ4v) is 4.29. The second kappa shape index (κ2) is 12.8. The maximum absolute atomic E-state index is 12.4. The van der Waals surface area contributed by atoms with Crippen LogP contribution in [-0.4, -0.2) is 61.7 Å². The van der Waals surface area contributed by atoms with E-state index in [2.05, 4.69) is 15.2 Å². The third kappa shape index (κ3) is 7.26. The Balaban J connectivity index is 1.42. The van der Waals surface area contributed by atoms with Crippen LogP contribution < -0.4 is 5.32 Å². The monoisotopic (exact) mass is 507 g/mol. The number of hydrogen-bond acceptors (Lipinski definition) is 5. The van der Waals surface area contributed by atoms with E-state index in [-0.39, 0.29) is 23.6 Å². The van der Waals surface area contributed by atoms with Gasteiger partial charge in [-0.05, 0) is 76.2 Å². The molecule has 1 aliphatic heterocycles. The van der Waals surface area contributed by atoms with Gasteiger partial charge >= 0.3 is 5.97 Å². The molecule has 2 heterocycles. The smallest absolute Gasteiger partial charge is 0.309 e. The molecule has 2 aromatic rings. The number of allylic oxidation sites excluding steroid dienone is 2. The summed E-state index contributed by atoms with van der Waals surface area (Å²) in [5.41, 5.74) is 1.74. The van der Waals surface area contributed by atoms with Gasteiger partial charge in [0.05, 0.1) is 29.7 Å². The van der Waals surface area contributed by atoms with Crippen LogP contribution in [-0.2, 0) is 19.1 Å². The molecule has 1 aliphatic rings. The van der Waals surface area contributed by atoms with E-state index < -0.39 is 0 Å². The molecule has 1 aromatic heterocycles. The molecule has 0 aliphatic carbocycles. The molecule has 2 N–H and O–H groups in total. The first-order chi connectivity index (χ1) is 16.4. The Labute approximate surface area is 210 Å². The number of carbonyl (C=O) groups is 2. The molecule has 1 fully saturated rings. The Morgan fingerprint density at radius 2 is 1.94 bits per heavy atom. The lowest BCUT2D eigenvalue weighted by atomic mass is 9.97. The molecule has 0 bridgehead atoms. The van der Waals surface area contributed by atoms with Gasteiger partial charge in [0.15, 0.2) is 5.76 Å². The number of benzene rings is 1. The highest BCUT2D eigenvalue weighted by molar-refractivity contribution is 6.42. The number of hydrogen-bond donors (Lipinski definition) is 2. The van der Waals surface area contributed by atoms with Crippen molar-refractivity contribution >= 4 is 52.1 Å². The number of piperidine rings is 1. The molecule has 3 rings (SSSR count). The molecule has 0 saturated carbocycles. The molecule has 184 valence electrons. The van der Waals surface area contributed by atoms with Gasteiger partial charge in [-0.25, -0.2) is 0 Å². The maximum Gasteiger partial charge on any atom is 0.309 e. The zero-order valence-corrected chi connectivity index (χ0v) is 21.0. The summed E-state index contributed by atoms with van der Waals surface area (Å²) in [7, 11) is 1.47. The van der Waals surface area contributed by atoms with Crippen LogP contribution in [0.2, 0.25) is 10.0 Å². The van der Waals surface area contributed by atoms with E-state index in [1.165, 1.54) is 7.11 Å². The zero-order chi connectivity index (χ0) is 24.5. The van der Waals surface area contributed by atoms with Gasteiger partial charge in [0.25, 0.3) is 5.91 Å². The van der Waals surface area contributed by atoms with Gasteiger partial charge in [0.2, 0.25) is 0 Å². The predicted molar refractivity (Wildman–Crippen MR) is 136 cm³/mol. The molecule has 0 radical (unpaired) electrons. The van der Waals surface area contributed by atoms with Crippen LogP contribution in [0.1, 0.15) is 31.9 Å². The van der Waals surface area contributed by atoms with Crippen LogP contribution >= 0.6 is 23.2 Å². The van der Waals surface area contributed by atoms with Crippen molar-refractivity contribution in [1.82, 2.24) is 15.2 Å². The lowest BCUT2D eigenvalue weighted by Gasteiger charge is -2.30. The first kappa shape index (κ1) is 26.1. The Morgan fingerprint density at radius 1 is 1.21 bits per heavy atom. The van der Waals surface area contributed by atoms with Gasteiger partial charge in [0, 0.05) is 23.1 Å². The molecule has 9 heteroatoms. The van der Waals surface area contributed by atoms with E-state index in [9.17, 15) is 9.59 Å². The highest BCUT2D eigenvalue weighted by atomic mass is 35.5. The summed E-state index contributed by atoms with van der Waals surface area (Å²) in [4.78, 5) is 29.8. The Kier molecular flexibility index (Phi) is 9.86. The van der Waals surface area contributed by atoms with Gasteiger partial charge in [-0.15, -0.1) is 0 Å². The van der Waals surface area contributed by atoms with Crippen LogP contribution in [0.3, 0.4) is 0 Å². The molecule has 1 amide bonds. The first-order valence-corrected chi connectivity index (χ1v) is 12.2. The molecular weight excluding hydrogens is 477 g/mol. The number of aromatic amines is 1. The predicted octanol–water partition coefficient (Wildman–Crippen LogP) is 4.80. The first-order valence-electron chi connectivity index (χ1n) is 11.5. The van der Waals surface area contributed by atoms with Gasteiger partial charge in [-0.3, -0.25) is 9.59 Å². The number of carbonyl (C=O) groups excluding carboxylic acids is 2. The number of ether oxygens (including phenoxy) is 2. The topological polar surface area (TPSA) is 83.7 Å². The number of halogens is 2. The van der Waals surface area contributed by atoms with Crippen molar-refractivity contribution in [2.75, 3.05) is 39.9 Å². The number of methoxy groups -OCH3 is 1. The van der Waals surface area contributed by atoms with Crippen molar-refractivity contribution in [1.29, 1.82) is 0 Å². The second-order valence-electron chi connectivity index (χ2n) is 8.15. The third-order valence-electron chi connectivity index (χ3n) is 5.79. The van der Waals surface area contributed by atoms with Crippen LogP contribution in [0, 0.1) is 5.92 Å². The molecule has 34 heavy (non-hydrogen) atoms. The summed E-state index contributed by atoms with van der Waals surface area (Å²) >= 11 is 12.1. The number of H-pyrrole nitrogens is 1. The number of fused-ring (bicyclic) bond motifs is 1. The van der Waals surface area contributed by atoms with E-state index in [0.717, 1.165) is 55.5 Å². The number of rotatable bonds is 10. The van der Waals surface area contributed by atoms with Crippen LogP contribution in [0.5, 0.6) is 0 Å². The molecule has 7 nitrogen and oxygen atoms in total. The quantitative estimate of drug-likeness (QED) is 0.158. The SMILES string of the molecule is CCOC(=O)C1CCN(CCCNC(=O)/C(=C/C=C/c2cc3cc(Cl)c(Cl)cc3[nH]2)OC)CC1. The van der Waals surface area contributed by atoms with Gasteiger partial charge in [-0.1, -0.05) is 29.3 Å². The van der Waals surface area contributed by atoms with Gasteiger partial charge in [-0.2, -0.15) is 0 Å². The molecule has 0 atom stereocenters. The summed E-state index contributed by atoms with van der Waals surface area (Å²) in [6.45, 7) is 5.43. The Morgan fingerprint density at radius 3 is 2.65 bits per heavy atom. The Hall–Kier alpha value is -2.48. The van der Waals surface area contributed by atoms with E-state index in [1.54, 1.807) is 24.3 Å². The average molecular weight is 508 g/mol. The standard InChI is InChI=1S/C25H31Cl2N3O4/c1-3-34-25(32)17-8-12-30(13-9-17)11-5-10-28-24(31)23(33-2)7-4-6-19-14-18-15-20(26)21(27)16-22(18)29-19/h4,6-7,14-17,29H,3,5,8-13H2,1-2H3,(H,28,31)/b6-4+,23-7-. The van der Waals surface area contributed by atoms with E-state index in [4.69, 9.17) is 32.7 Å². The number of esters is 1. The normalized spacial score (nSPS) is 15.7. The van der Waals surface area contributed by atoms with Crippen LogP contribution in [0.4, 0.5) is 0 Å². The van der Waals surface area contributed by atoms with Gasteiger partial charge < -0.3 is 24.7 Å². The van der Waals surface area contributed by atoms with Crippen LogP contribution in [0.25, 0.3) is 17.0 Å². The number of nitrogens with one attached hydrogen (secondary N) is 2. The minimum atomic E-state index is -0.261. The maximum atomic E-state index is 12.4. The molecule has 1 aromatic carbocycles. The highest BCUT2D eigenvalue weighted by Gasteiger charge is 2.25. The van der Waals surface area contributed by atoms with Crippen molar-refractivity contribution < 1.29 is 19.1 Å². The molecular formula is C25H31Cl2N3O4. The van der Waals surface area contributed by atoms with E-state index >= 15 is 0 Å². The third-order valence-corrected chi connectivity index (χ3v) is 6.52. The lowest BCUT2D eigenvalue weighted by Crippen LogP contribution is -2.38. The lowest BCUT2D eigenvalue weighted by molar-refractivity contribution is -0.149. The molecule has 0 spiro atoms. The average Bonchev–Trinajstić information content (AvgIpc) is 3.21. The van der Waals surface area contributed by atoms with Gasteiger partial charge in [0.1, 0.15) is 0 Å². The Bertz CT molecular complexity index is 1020. The largest absolute Gasteiger partial charge is 0.491 e. The van der Waals surface area contributed by atoms with Crippen LogP contribution in [0.15, 0.2) is 36.1 Å². The summed E-state index contributed by atoms with van der Waals surface area (Å²) in [6.07, 6.45) is 7.69. The highest BCUT2D eigenvalue weighted by Crippen LogP contribution is 2.28. The van der Waals surface area contributed by atoms with Crippen molar-refractivity contribution in [2.24, 2.45) is 5.92 Å². The molecule has 0 unspecified atom stereocenters. The van der Waals surface area contributed by atoms with E-state index in [1.807, 2.05) is 19.1 Å².